The summed E-state index contributed by atoms with van der Waals surface area (Å²) >= 11 is 0. The van der Waals surface area contributed by atoms with E-state index in [1.807, 2.05) is 34.6 Å². The van der Waals surface area contributed by atoms with Crippen molar-refractivity contribution in [2.24, 2.45) is 0 Å². The third-order valence-corrected chi connectivity index (χ3v) is 1.11. The molecule has 0 unspecified atom stereocenters. The van der Waals surface area contributed by atoms with E-state index in [-0.39, 0.29) is 6.04 Å². The van der Waals surface area contributed by atoms with E-state index in [9.17, 15) is 4.79 Å². The Labute approximate surface area is 85.7 Å². The molecule has 14 heavy (non-hydrogen) atoms. The number of nitrogens with one attached hydrogen (secondary N) is 2. The molecule has 0 bridgehead atoms. The van der Waals surface area contributed by atoms with Gasteiger partial charge in [0.2, 0.25) is 0 Å². The van der Waals surface area contributed by atoms with Crippen molar-refractivity contribution in [2.75, 3.05) is 0 Å². The zero-order valence-electron chi connectivity index (χ0n) is 9.60. The Bertz CT molecular complexity index is 217. The molecule has 4 heteroatoms. The van der Waals surface area contributed by atoms with Crippen LogP contribution in [0.2, 0.25) is 0 Å². The van der Waals surface area contributed by atoms with E-state index in [0.29, 0.717) is 5.82 Å². The summed E-state index contributed by atoms with van der Waals surface area (Å²) in [5.41, 5.74) is -0.484. The number of alkyl carbamates (subject to hydrolysis) is 1. The maximum Gasteiger partial charge on any atom is 0.413 e. The van der Waals surface area contributed by atoms with E-state index < -0.39 is 11.7 Å². The van der Waals surface area contributed by atoms with Crippen molar-refractivity contribution in [3.8, 4) is 0 Å². The SMILES string of the molecule is C=C(NC(=O)OC(C)(C)C)NC(C)C. The van der Waals surface area contributed by atoms with Crippen LogP contribution < -0.4 is 10.6 Å². The minimum absolute atomic E-state index is 0.234. The van der Waals surface area contributed by atoms with Gasteiger partial charge in [0.05, 0.1) is 0 Å². The van der Waals surface area contributed by atoms with E-state index >= 15 is 0 Å². The average molecular weight is 200 g/mol. The van der Waals surface area contributed by atoms with E-state index in [1.54, 1.807) is 0 Å². The van der Waals surface area contributed by atoms with Gasteiger partial charge in [0.25, 0.3) is 0 Å². The summed E-state index contributed by atoms with van der Waals surface area (Å²) < 4.78 is 5.04. The molecule has 0 saturated carbocycles. The Morgan fingerprint density at radius 1 is 1.36 bits per heavy atom. The molecule has 0 spiro atoms. The first kappa shape index (κ1) is 12.8. The van der Waals surface area contributed by atoms with Crippen LogP contribution in [-0.2, 0) is 4.74 Å². The predicted molar refractivity (Wildman–Crippen MR) is 56.8 cm³/mol. The molecule has 0 aliphatic heterocycles. The van der Waals surface area contributed by atoms with Gasteiger partial charge in [0, 0.05) is 6.04 Å². The first-order valence-corrected chi connectivity index (χ1v) is 4.66. The summed E-state index contributed by atoms with van der Waals surface area (Å²) in [5.74, 6) is 0.453. The fourth-order valence-electron chi connectivity index (χ4n) is 0.811. The first-order valence-electron chi connectivity index (χ1n) is 4.66. The van der Waals surface area contributed by atoms with Crippen LogP contribution >= 0.6 is 0 Å². The zero-order valence-corrected chi connectivity index (χ0v) is 9.60. The molecule has 1 amide bonds. The standard InChI is InChI=1S/C10H20N2O2/c1-7(2)11-8(3)12-9(13)14-10(4,5)6/h7,11H,3H2,1-2,4-6H3,(H,12,13). The van der Waals surface area contributed by atoms with Crippen molar-refractivity contribution in [2.45, 2.75) is 46.3 Å². The smallest absolute Gasteiger partial charge is 0.413 e. The highest BCUT2D eigenvalue weighted by Gasteiger charge is 2.16. The minimum Gasteiger partial charge on any atom is -0.444 e. The van der Waals surface area contributed by atoms with Crippen LogP contribution in [0.5, 0.6) is 0 Å². The molecule has 0 aromatic heterocycles. The van der Waals surface area contributed by atoms with Crippen LogP contribution in [0.15, 0.2) is 12.4 Å². The molecule has 82 valence electrons. The fourth-order valence-corrected chi connectivity index (χ4v) is 0.811. The van der Waals surface area contributed by atoms with Crippen molar-refractivity contribution in [1.29, 1.82) is 0 Å². The maximum absolute atomic E-state index is 11.2. The van der Waals surface area contributed by atoms with Crippen LogP contribution in [-0.4, -0.2) is 17.7 Å². The van der Waals surface area contributed by atoms with E-state index in [1.165, 1.54) is 0 Å². The van der Waals surface area contributed by atoms with Crippen LogP contribution in [0.1, 0.15) is 34.6 Å². The van der Waals surface area contributed by atoms with Gasteiger partial charge in [-0.3, -0.25) is 5.32 Å². The van der Waals surface area contributed by atoms with Gasteiger partial charge in [-0.2, -0.15) is 0 Å². The molecule has 0 heterocycles. The number of hydrogen-bond acceptors (Lipinski definition) is 3. The molecule has 0 fully saturated rings. The molecule has 0 aliphatic carbocycles. The number of carbonyl (C=O) groups is 1. The number of amides is 1. The predicted octanol–water partition coefficient (Wildman–Crippen LogP) is 1.98. The molecular weight excluding hydrogens is 180 g/mol. The van der Waals surface area contributed by atoms with Gasteiger partial charge in [-0.15, -0.1) is 0 Å². The summed E-state index contributed by atoms with van der Waals surface area (Å²) in [6, 6.07) is 0.234. The molecule has 0 aromatic rings. The molecule has 0 radical (unpaired) electrons. The van der Waals surface area contributed by atoms with Crippen LogP contribution in [0.4, 0.5) is 4.79 Å². The second-order valence-electron chi connectivity index (χ2n) is 4.40. The van der Waals surface area contributed by atoms with Gasteiger partial charge in [0.15, 0.2) is 0 Å². The lowest BCUT2D eigenvalue weighted by molar-refractivity contribution is 0.0542. The summed E-state index contributed by atoms with van der Waals surface area (Å²) in [5, 5.41) is 5.45. The third kappa shape index (κ3) is 7.46. The summed E-state index contributed by atoms with van der Waals surface area (Å²) in [7, 11) is 0. The summed E-state index contributed by atoms with van der Waals surface area (Å²) in [6.07, 6.45) is -0.490. The quantitative estimate of drug-likeness (QED) is 0.732. The number of rotatable bonds is 3. The van der Waals surface area contributed by atoms with Crippen molar-refractivity contribution in [3.05, 3.63) is 12.4 Å². The topological polar surface area (TPSA) is 50.4 Å². The molecule has 0 saturated heterocycles. The van der Waals surface area contributed by atoms with Crippen LogP contribution in [0, 0.1) is 0 Å². The Hall–Kier alpha value is -1.19. The van der Waals surface area contributed by atoms with Crippen LogP contribution in [0.25, 0.3) is 0 Å². The van der Waals surface area contributed by atoms with Crippen molar-refractivity contribution >= 4 is 6.09 Å². The minimum atomic E-state index is -0.490. The molecule has 0 rings (SSSR count). The van der Waals surface area contributed by atoms with Gasteiger partial charge in [-0.25, -0.2) is 4.79 Å². The van der Waals surface area contributed by atoms with Crippen molar-refractivity contribution in [3.63, 3.8) is 0 Å². The largest absolute Gasteiger partial charge is 0.444 e. The van der Waals surface area contributed by atoms with E-state index in [4.69, 9.17) is 4.74 Å². The number of ether oxygens (including phenoxy) is 1. The first-order chi connectivity index (χ1) is 6.20. The lowest BCUT2D eigenvalue weighted by Crippen LogP contribution is -2.37. The normalized spacial score (nSPS) is 11.0. The molecule has 0 atom stereocenters. The van der Waals surface area contributed by atoms with Gasteiger partial charge in [-0.05, 0) is 34.6 Å². The zero-order chi connectivity index (χ0) is 11.4. The monoisotopic (exact) mass is 200 g/mol. The number of carbonyl (C=O) groups excluding carboxylic acids is 1. The second-order valence-corrected chi connectivity index (χ2v) is 4.40. The highest BCUT2D eigenvalue weighted by molar-refractivity contribution is 5.69. The van der Waals surface area contributed by atoms with Gasteiger partial charge in [0.1, 0.15) is 11.4 Å². The Kier molecular flexibility index (Phi) is 4.47. The fraction of sp³-hybridized carbons (Fsp3) is 0.700. The third-order valence-electron chi connectivity index (χ3n) is 1.11. The van der Waals surface area contributed by atoms with Gasteiger partial charge >= 0.3 is 6.09 Å². The lowest BCUT2D eigenvalue weighted by atomic mass is 10.2. The van der Waals surface area contributed by atoms with Crippen LogP contribution in [0.3, 0.4) is 0 Å². The summed E-state index contributed by atoms with van der Waals surface area (Å²) in [4.78, 5) is 11.2. The van der Waals surface area contributed by atoms with Crippen molar-refractivity contribution < 1.29 is 9.53 Å². The highest BCUT2D eigenvalue weighted by atomic mass is 16.6. The maximum atomic E-state index is 11.2. The lowest BCUT2D eigenvalue weighted by Gasteiger charge is -2.21. The molecule has 0 aliphatic rings. The molecule has 4 nitrogen and oxygen atoms in total. The van der Waals surface area contributed by atoms with E-state index in [2.05, 4.69) is 17.2 Å². The Morgan fingerprint density at radius 2 is 1.86 bits per heavy atom. The Morgan fingerprint density at radius 3 is 2.21 bits per heavy atom. The second kappa shape index (κ2) is 4.88. The molecule has 2 N–H and O–H groups in total. The molecule has 0 aromatic carbocycles. The molecular formula is C10H20N2O2. The average Bonchev–Trinajstić information content (AvgIpc) is 1.77. The van der Waals surface area contributed by atoms with Crippen molar-refractivity contribution in [1.82, 2.24) is 10.6 Å². The summed E-state index contributed by atoms with van der Waals surface area (Å²) in [6.45, 7) is 13.0. The van der Waals surface area contributed by atoms with Gasteiger partial charge in [-0.1, -0.05) is 6.58 Å². The number of hydrogen-bond donors (Lipinski definition) is 2. The highest BCUT2D eigenvalue weighted by Crippen LogP contribution is 2.06. The van der Waals surface area contributed by atoms with E-state index in [0.717, 1.165) is 0 Å². The Balaban J connectivity index is 3.90. The van der Waals surface area contributed by atoms with Gasteiger partial charge < -0.3 is 10.1 Å².